The SMILES string of the molecule is [CH]C(C)(C12CCC(C1)C1=C2CCCOc2ccc1cc2)C12CC(CC1C(=O)O)C1=C2CCCOc2ccc1cc2. The maximum Gasteiger partial charge on any atom is 0.307 e. The Morgan fingerprint density at radius 3 is 2.05 bits per heavy atom. The lowest BCUT2D eigenvalue weighted by Crippen LogP contribution is -2.54. The summed E-state index contributed by atoms with van der Waals surface area (Å²) in [5.41, 5.74) is 6.72. The average Bonchev–Trinajstić information content (AvgIpc) is 3.74. The number of fused-ring (bicyclic) bond motifs is 14. The first-order chi connectivity index (χ1) is 19.4. The first-order valence-corrected chi connectivity index (χ1v) is 15.3. The van der Waals surface area contributed by atoms with Gasteiger partial charge < -0.3 is 14.6 Å². The normalized spacial score (nSPS) is 34.0. The second-order valence-corrected chi connectivity index (χ2v) is 13.5. The third kappa shape index (κ3) is 3.06. The first kappa shape index (κ1) is 24.8. The summed E-state index contributed by atoms with van der Waals surface area (Å²) in [7, 11) is 0. The highest BCUT2D eigenvalue weighted by Crippen LogP contribution is 2.79. The Bertz CT molecular complexity index is 1440. The van der Waals surface area contributed by atoms with Gasteiger partial charge in [0.05, 0.1) is 19.1 Å². The Morgan fingerprint density at radius 2 is 1.45 bits per heavy atom. The fraction of sp³-hybridized carbons (Fsp3) is 0.500. The number of hydrogen-bond donors (Lipinski definition) is 1. The van der Waals surface area contributed by atoms with E-state index in [0.717, 1.165) is 62.9 Å². The Morgan fingerprint density at radius 1 is 0.875 bits per heavy atom. The highest BCUT2D eigenvalue weighted by Gasteiger charge is 2.72. The Kier molecular flexibility index (Phi) is 5.26. The van der Waals surface area contributed by atoms with Gasteiger partial charge in [-0.15, -0.1) is 0 Å². The van der Waals surface area contributed by atoms with E-state index in [4.69, 9.17) is 16.4 Å². The van der Waals surface area contributed by atoms with Crippen LogP contribution >= 0.6 is 0 Å². The van der Waals surface area contributed by atoms with Crippen molar-refractivity contribution in [3.05, 3.63) is 77.7 Å². The molecule has 6 unspecified atom stereocenters. The van der Waals surface area contributed by atoms with E-state index < -0.39 is 22.7 Å². The summed E-state index contributed by atoms with van der Waals surface area (Å²) in [6, 6.07) is 17.2. The second-order valence-electron chi connectivity index (χ2n) is 13.5. The molecule has 206 valence electrons. The molecule has 4 heterocycles. The summed E-state index contributed by atoms with van der Waals surface area (Å²) in [5, 5.41) is 10.8. The number of rotatable bonds is 3. The third-order valence-electron chi connectivity index (χ3n) is 12.0. The molecule has 2 radical (unpaired) electrons. The zero-order chi connectivity index (χ0) is 27.3. The molecular weight excluding hydrogens is 496 g/mol. The summed E-state index contributed by atoms with van der Waals surface area (Å²) < 4.78 is 12.1. The van der Waals surface area contributed by atoms with Crippen LogP contribution < -0.4 is 9.47 Å². The molecule has 8 bridgehead atoms. The van der Waals surface area contributed by atoms with Crippen molar-refractivity contribution >= 4 is 17.1 Å². The van der Waals surface area contributed by atoms with Crippen LogP contribution in [0.5, 0.6) is 11.5 Å². The number of allylic oxidation sites excluding steroid dienone is 4. The van der Waals surface area contributed by atoms with Crippen LogP contribution in [0.25, 0.3) is 11.1 Å². The van der Waals surface area contributed by atoms with Crippen molar-refractivity contribution in [1.82, 2.24) is 0 Å². The van der Waals surface area contributed by atoms with E-state index in [1.165, 1.54) is 33.4 Å². The molecule has 10 rings (SSSR count). The topological polar surface area (TPSA) is 55.8 Å². The van der Waals surface area contributed by atoms with Crippen LogP contribution in [0, 0.1) is 40.9 Å². The van der Waals surface area contributed by atoms with Crippen LogP contribution in [0.1, 0.15) is 75.8 Å². The smallest absolute Gasteiger partial charge is 0.307 e. The van der Waals surface area contributed by atoms with Crippen LogP contribution in [0.4, 0.5) is 0 Å². The zero-order valence-corrected chi connectivity index (χ0v) is 23.4. The summed E-state index contributed by atoms with van der Waals surface area (Å²) in [6.45, 7) is 11.5. The van der Waals surface area contributed by atoms with Gasteiger partial charge >= 0.3 is 5.97 Å². The highest BCUT2D eigenvalue weighted by molar-refractivity contribution is 5.84. The minimum atomic E-state index is -0.698. The maximum atomic E-state index is 13.1. The Labute approximate surface area is 237 Å². The van der Waals surface area contributed by atoms with Crippen molar-refractivity contribution < 1.29 is 19.4 Å². The molecule has 4 aliphatic heterocycles. The van der Waals surface area contributed by atoms with Crippen molar-refractivity contribution in [1.29, 1.82) is 0 Å². The van der Waals surface area contributed by atoms with Gasteiger partial charge in [-0.2, -0.15) is 0 Å². The molecule has 4 heteroatoms. The zero-order valence-electron chi connectivity index (χ0n) is 23.4. The molecule has 2 fully saturated rings. The number of aliphatic carboxylic acids is 1. The van der Waals surface area contributed by atoms with Gasteiger partial charge in [0.15, 0.2) is 0 Å². The minimum Gasteiger partial charge on any atom is -0.494 e. The number of carboxylic acid groups (broad SMARTS) is 1. The molecule has 4 nitrogen and oxygen atoms in total. The van der Waals surface area contributed by atoms with Gasteiger partial charge in [-0.05, 0) is 134 Å². The van der Waals surface area contributed by atoms with E-state index in [9.17, 15) is 9.90 Å². The largest absolute Gasteiger partial charge is 0.494 e. The van der Waals surface area contributed by atoms with Crippen LogP contribution in [0.3, 0.4) is 0 Å². The van der Waals surface area contributed by atoms with Crippen molar-refractivity contribution in [2.75, 3.05) is 13.2 Å². The van der Waals surface area contributed by atoms with Crippen LogP contribution in [-0.4, -0.2) is 24.3 Å². The number of benzene rings is 2. The Hall–Kier alpha value is -3.01. The van der Waals surface area contributed by atoms with Gasteiger partial charge in [0.1, 0.15) is 11.5 Å². The summed E-state index contributed by atoms with van der Waals surface area (Å²) in [4.78, 5) is 13.1. The monoisotopic (exact) mass is 534 g/mol. The van der Waals surface area contributed by atoms with Gasteiger partial charge in [0.2, 0.25) is 0 Å². The first-order valence-electron chi connectivity index (χ1n) is 15.3. The molecule has 0 saturated heterocycles. The van der Waals surface area contributed by atoms with E-state index in [2.05, 4.69) is 55.5 Å². The van der Waals surface area contributed by atoms with Gasteiger partial charge in [0.25, 0.3) is 0 Å². The van der Waals surface area contributed by atoms with Crippen molar-refractivity contribution in [3.63, 3.8) is 0 Å². The van der Waals surface area contributed by atoms with Gasteiger partial charge in [-0.3, -0.25) is 4.79 Å². The summed E-state index contributed by atoms with van der Waals surface area (Å²) in [6.07, 6.45) is 8.38. The maximum absolute atomic E-state index is 13.1. The molecule has 4 aliphatic carbocycles. The lowest BCUT2D eigenvalue weighted by atomic mass is 9.45. The number of hydrogen-bond acceptors (Lipinski definition) is 3. The van der Waals surface area contributed by atoms with Crippen molar-refractivity contribution in [2.24, 2.45) is 34.0 Å². The molecule has 2 aromatic carbocycles. The molecule has 40 heavy (non-hydrogen) atoms. The minimum absolute atomic E-state index is 0.217. The Balaban J connectivity index is 1.34. The summed E-state index contributed by atoms with van der Waals surface area (Å²) >= 11 is 0. The second kappa shape index (κ2) is 8.50. The number of carboxylic acids is 1. The van der Waals surface area contributed by atoms with Gasteiger partial charge in [-0.1, -0.05) is 42.3 Å². The summed E-state index contributed by atoms with van der Waals surface area (Å²) in [5.74, 6) is 1.43. The van der Waals surface area contributed by atoms with Gasteiger partial charge in [0, 0.05) is 5.41 Å². The number of ether oxygens (including phenoxy) is 2. The number of carbonyl (C=O) groups is 1. The molecule has 0 aromatic heterocycles. The van der Waals surface area contributed by atoms with Crippen LogP contribution in [0.2, 0.25) is 0 Å². The molecule has 2 aromatic rings. The quantitative estimate of drug-likeness (QED) is 0.435. The average molecular weight is 535 g/mol. The molecular formula is C36H38O4. The van der Waals surface area contributed by atoms with Crippen LogP contribution in [0.15, 0.2) is 59.7 Å². The van der Waals surface area contributed by atoms with Crippen molar-refractivity contribution in [3.8, 4) is 11.5 Å². The highest BCUT2D eigenvalue weighted by atomic mass is 16.5. The van der Waals surface area contributed by atoms with E-state index >= 15 is 0 Å². The molecule has 6 atom stereocenters. The lowest BCUT2D eigenvalue weighted by molar-refractivity contribution is -0.149. The van der Waals surface area contributed by atoms with E-state index in [1.54, 1.807) is 0 Å². The molecule has 2 saturated carbocycles. The molecule has 8 aliphatic rings. The molecule has 0 spiro atoms. The molecule has 1 N–H and O–H groups in total. The van der Waals surface area contributed by atoms with Crippen LogP contribution in [-0.2, 0) is 4.79 Å². The van der Waals surface area contributed by atoms with E-state index in [1.807, 2.05) is 0 Å². The predicted octanol–water partition coefficient (Wildman–Crippen LogP) is 7.87. The standard InChI is InChI=1S/C36H38O4/c1-34(2,35-16-15-24(20-35)31-22-7-11-26(12-8-22)39-17-3-5-28(31)35)36-21-25(19-30(36)33(37)38)32-23-9-13-27(14-10-23)40-18-4-6-29(32)36/h1,7-14,24-25,30H,3-6,15-21H2,2H3,(H,37,38). The van der Waals surface area contributed by atoms with Gasteiger partial charge in [-0.25, -0.2) is 0 Å². The molecule has 0 amide bonds. The van der Waals surface area contributed by atoms with E-state index in [0.29, 0.717) is 25.6 Å². The fourth-order valence-corrected chi connectivity index (χ4v) is 10.5. The predicted molar refractivity (Wildman–Crippen MR) is 155 cm³/mol. The fourth-order valence-electron chi connectivity index (χ4n) is 10.5. The van der Waals surface area contributed by atoms with Crippen molar-refractivity contribution in [2.45, 2.75) is 64.7 Å². The lowest BCUT2D eigenvalue weighted by Gasteiger charge is -2.58. The van der Waals surface area contributed by atoms with E-state index in [-0.39, 0.29) is 11.3 Å². The third-order valence-corrected chi connectivity index (χ3v) is 12.0.